The molecule has 1 aromatic heterocycles. The van der Waals surface area contributed by atoms with Gasteiger partial charge in [0.1, 0.15) is 11.9 Å². The van der Waals surface area contributed by atoms with E-state index in [1.807, 2.05) is 0 Å². The van der Waals surface area contributed by atoms with Gasteiger partial charge in [0.05, 0.1) is 20.8 Å². The topological polar surface area (TPSA) is 82.3 Å². The minimum atomic E-state index is -1.08. The molecule has 7 nitrogen and oxygen atoms in total. The number of methoxy groups -OCH3 is 2. The molecule has 8 heteroatoms. The van der Waals surface area contributed by atoms with Crippen LogP contribution in [0.5, 0.6) is 11.5 Å². The van der Waals surface area contributed by atoms with Crippen molar-refractivity contribution in [3.8, 4) is 22.9 Å². The highest BCUT2D eigenvalue weighted by atomic mass is 19.1. The molecule has 130 valence electrons. The third-order valence-electron chi connectivity index (χ3n) is 3.70. The van der Waals surface area contributed by atoms with E-state index in [2.05, 4.69) is 15.4 Å². The highest BCUT2D eigenvalue weighted by Gasteiger charge is 2.16. The maximum atomic E-state index is 13.7. The number of ether oxygens (including phenoxy) is 2. The van der Waals surface area contributed by atoms with Crippen LogP contribution >= 0.6 is 0 Å². The Morgan fingerprint density at radius 1 is 1.12 bits per heavy atom. The molecule has 0 unspecified atom stereocenters. The van der Waals surface area contributed by atoms with Gasteiger partial charge in [-0.3, -0.25) is 0 Å². The monoisotopic (exact) mass is 344 g/mol. The second-order valence-corrected chi connectivity index (χ2v) is 5.27. The molecule has 0 saturated carbocycles. The van der Waals surface area contributed by atoms with Crippen LogP contribution in [0.4, 0.5) is 4.39 Å². The highest BCUT2D eigenvalue weighted by Crippen LogP contribution is 2.30. The van der Waals surface area contributed by atoms with Crippen molar-refractivity contribution in [2.45, 2.75) is 12.6 Å². The van der Waals surface area contributed by atoms with Crippen molar-refractivity contribution < 1.29 is 19.0 Å². The van der Waals surface area contributed by atoms with E-state index >= 15 is 0 Å². The van der Waals surface area contributed by atoms with Crippen molar-refractivity contribution in [2.75, 3.05) is 14.2 Å². The van der Waals surface area contributed by atoms with Gasteiger partial charge in [0.25, 0.3) is 0 Å². The van der Waals surface area contributed by atoms with E-state index in [1.165, 1.54) is 24.0 Å². The third kappa shape index (κ3) is 3.58. The standard InChI is InChI=1S/C17H17FN4O3/c1-24-15-8-7-11(9-16(15)25-2)17-19-21-22(20-17)10-14(23)12-5-3-4-6-13(12)18/h3-9,14,23H,10H2,1-2H3/t14-/m1/s1. The van der Waals surface area contributed by atoms with Gasteiger partial charge in [-0.15, -0.1) is 10.2 Å². The predicted molar refractivity (Wildman–Crippen MR) is 87.7 cm³/mol. The van der Waals surface area contributed by atoms with Gasteiger partial charge in [-0.2, -0.15) is 4.80 Å². The van der Waals surface area contributed by atoms with Crippen molar-refractivity contribution in [3.63, 3.8) is 0 Å². The minimum Gasteiger partial charge on any atom is -0.493 e. The SMILES string of the molecule is COc1ccc(-c2nnn(C[C@@H](O)c3ccccc3F)n2)cc1OC. The molecule has 25 heavy (non-hydrogen) atoms. The number of aromatic nitrogens is 4. The zero-order chi connectivity index (χ0) is 17.8. The number of nitrogens with zero attached hydrogens (tertiary/aromatic N) is 4. The molecule has 0 spiro atoms. The van der Waals surface area contributed by atoms with Crippen LogP contribution in [0, 0.1) is 5.82 Å². The van der Waals surface area contributed by atoms with Crippen molar-refractivity contribution in [1.82, 2.24) is 20.2 Å². The Labute approximate surface area is 143 Å². The number of aliphatic hydroxyl groups is 1. The first-order valence-electron chi connectivity index (χ1n) is 7.55. The number of benzene rings is 2. The molecule has 0 aliphatic rings. The van der Waals surface area contributed by atoms with Crippen LogP contribution in [0.25, 0.3) is 11.4 Å². The van der Waals surface area contributed by atoms with E-state index in [0.29, 0.717) is 22.9 Å². The molecule has 3 aromatic rings. The second kappa shape index (κ2) is 7.27. The van der Waals surface area contributed by atoms with Gasteiger partial charge in [-0.05, 0) is 29.5 Å². The summed E-state index contributed by atoms with van der Waals surface area (Å²) < 4.78 is 24.2. The summed E-state index contributed by atoms with van der Waals surface area (Å²) in [7, 11) is 3.09. The second-order valence-electron chi connectivity index (χ2n) is 5.27. The van der Waals surface area contributed by atoms with Crippen molar-refractivity contribution in [3.05, 3.63) is 53.8 Å². The first-order valence-corrected chi connectivity index (χ1v) is 7.55. The molecule has 2 aromatic carbocycles. The fraction of sp³-hybridized carbons (Fsp3) is 0.235. The Balaban J connectivity index is 1.80. The molecule has 1 N–H and O–H groups in total. The molecule has 0 amide bonds. The van der Waals surface area contributed by atoms with Gasteiger partial charge in [-0.25, -0.2) is 4.39 Å². The minimum absolute atomic E-state index is 0.0127. The lowest BCUT2D eigenvalue weighted by Crippen LogP contribution is -2.12. The van der Waals surface area contributed by atoms with E-state index in [-0.39, 0.29) is 12.1 Å². The molecule has 0 fully saturated rings. The van der Waals surface area contributed by atoms with Crippen LogP contribution in [0.3, 0.4) is 0 Å². The molecule has 3 rings (SSSR count). The Morgan fingerprint density at radius 2 is 1.88 bits per heavy atom. The number of halogens is 1. The number of tetrazole rings is 1. The number of rotatable bonds is 6. The van der Waals surface area contributed by atoms with Gasteiger partial charge in [0.2, 0.25) is 5.82 Å². The van der Waals surface area contributed by atoms with Gasteiger partial charge >= 0.3 is 0 Å². The maximum absolute atomic E-state index is 13.7. The van der Waals surface area contributed by atoms with Crippen molar-refractivity contribution in [1.29, 1.82) is 0 Å². The van der Waals surface area contributed by atoms with Crippen molar-refractivity contribution >= 4 is 0 Å². The molecule has 0 aliphatic heterocycles. The fourth-order valence-electron chi connectivity index (χ4n) is 2.41. The Hall–Kier alpha value is -3.00. The summed E-state index contributed by atoms with van der Waals surface area (Å²) in [4.78, 5) is 1.23. The normalized spacial score (nSPS) is 12.0. The van der Waals surface area contributed by atoms with Gasteiger partial charge in [-0.1, -0.05) is 18.2 Å². The predicted octanol–water partition coefficient (Wildman–Crippen LogP) is 2.23. The van der Waals surface area contributed by atoms with Crippen LogP contribution in [0.1, 0.15) is 11.7 Å². The lowest BCUT2D eigenvalue weighted by molar-refractivity contribution is 0.140. The number of hydrogen-bond acceptors (Lipinski definition) is 6. The van der Waals surface area contributed by atoms with Crippen LogP contribution in [-0.2, 0) is 6.54 Å². The molecule has 0 aliphatic carbocycles. The summed E-state index contributed by atoms with van der Waals surface area (Å²) in [6, 6.07) is 11.3. The Morgan fingerprint density at radius 3 is 2.60 bits per heavy atom. The summed E-state index contributed by atoms with van der Waals surface area (Å²) in [5.74, 6) is 1.02. The molecule has 0 saturated heterocycles. The Bertz CT molecular complexity index is 869. The smallest absolute Gasteiger partial charge is 0.205 e. The molecular formula is C17H17FN4O3. The highest BCUT2D eigenvalue weighted by molar-refractivity contribution is 5.60. The third-order valence-corrected chi connectivity index (χ3v) is 3.70. The summed E-state index contributed by atoms with van der Waals surface area (Å²) >= 11 is 0. The summed E-state index contributed by atoms with van der Waals surface area (Å²) in [6.45, 7) is -0.0127. The maximum Gasteiger partial charge on any atom is 0.205 e. The van der Waals surface area contributed by atoms with E-state index in [4.69, 9.17) is 9.47 Å². The van der Waals surface area contributed by atoms with Crippen LogP contribution in [0.2, 0.25) is 0 Å². The van der Waals surface area contributed by atoms with E-state index in [1.54, 1.807) is 37.4 Å². The number of aliphatic hydroxyl groups excluding tert-OH is 1. The molecular weight excluding hydrogens is 327 g/mol. The average Bonchev–Trinajstić information content (AvgIpc) is 3.09. The van der Waals surface area contributed by atoms with E-state index < -0.39 is 11.9 Å². The fourth-order valence-corrected chi connectivity index (χ4v) is 2.41. The zero-order valence-corrected chi connectivity index (χ0v) is 13.8. The summed E-state index contributed by atoms with van der Waals surface area (Å²) in [6.07, 6.45) is -1.08. The van der Waals surface area contributed by atoms with Gasteiger partial charge < -0.3 is 14.6 Å². The largest absolute Gasteiger partial charge is 0.493 e. The van der Waals surface area contributed by atoms with Crippen LogP contribution in [-0.4, -0.2) is 39.5 Å². The molecule has 0 radical (unpaired) electrons. The van der Waals surface area contributed by atoms with Crippen LogP contribution < -0.4 is 9.47 Å². The van der Waals surface area contributed by atoms with Gasteiger partial charge in [0.15, 0.2) is 11.5 Å². The zero-order valence-electron chi connectivity index (χ0n) is 13.8. The van der Waals surface area contributed by atoms with Crippen LogP contribution in [0.15, 0.2) is 42.5 Å². The van der Waals surface area contributed by atoms with E-state index in [9.17, 15) is 9.50 Å². The lowest BCUT2D eigenvalue weighted by Gasteiger charge is -2.10. The van der Waals surface area contributed by atoms with Gasteiger partial charge in [0, 0.05) is 11.1 Å². The molecule has 0 bridgehead atoms. The average molecular weight is 344 g/mol. The molecule has 1 heterocycles. The quantitative estimate of drug-likeness (QED) is 0.738. The Kier molecular flexibility index (Phi) is 4.90. The lowest BCUT2D eigenvalue weighted by atomic mass is 10.1. The summed E-state index contributed by atoms with van der Waals surface area (Å²) in [5, 5.41) is 22.3. The summed E-state index contributed by atoms with van der Waals surface area (Å²) in [5.41, 5.74) is 0.872. The van der Waals surface area contributed by atoms with E-state index in [0.717, 1.165) is 0 Å². The first-order chi connectivity index (χ1) is 12.1. The first kappa shape index (κ1) is 16.8. The molecule has 1 atom stereocenters. The van der Waals surface area contributed by atoms with Crippen molar-refractivity contribution in [2.24, 2.45) is 0 Å². The number of hydrogen-bond donors (Lipinski definition) is 1.